The van der Waals surface area contributed by atoms with E-state index in [2.05, 4.69) is 57.2 Å². The highest BCUT2D eigenvalue weighted by Crippen LogP contribution is 2.20. The number of esters is 6. The van der Waals surface area contributed by atoms with Crippen LogP contribution in [-0.4, -0.2) is 73.9 Å². The van der Waals surface area contributed by atoms with Crippen LogP contribution in [0.3, 0.4) is 0 Å². The van der Waals surface area contributed by atoms with Crippen molar-refractivity contribution in [2.45, 2.75) is 368 Å². The molecule has 488 valence electrons. The van der Waals surface area contributed by atoms with Gasteiger partial charge in [-0.2, -0.15) is 0 Å². The number of hydrogen-bond donors (Lipinski definition) is 0. The van der Waals surface area contributed by atoms with Crippen LogP contribution in [0, 0.1) is 0 Å². The van der Waals surface area contributed by atoms with E-state index in [1.165, 1.54) is 116 Å². The molecule has 0 saturated carbocycles. The Morgan fingerprint density at radius 1 is 0.250 bits per heavy atom. The molecule has 0 aromatic heterocycles. The van der Waals surface area contributed by atoms with E-state index in [0.29, 0.717) is 32.1 Å². The van der Waals surface area contributed by atoms with Gasteiger partial charge < -0.3 is 28.4 Å². The van der Waals surface area contributed by atoms with Crippen LogP contribution in [0.1, 0.15) is 349 Å². The highest BCUT2D eigenvalue weighted by atomic mass is 16.6. The summed E-state index contributed by atoms with van der Waals surface area (Å²) < 4.78 is 34.3. The van der Waals surface area contributed by atoms with Gasteiger partial charge in [0.2, 0.25) is 0 Å². The fraction of sp³-hybridized carbons (Fsp3) is 0.833. The third-order valence-corrected chi connectivity index (χ3v) is 15.3. The summed E-state index contributed by atoms with van der Waals surface area (Å²) in [6.07, 6.45) is 57.7. The van der Waals surface area contributed by atoms with E-state index in [4.69, 9.17) is 28.4 Å². The van der Waals surface area contributed by atoms with Gasteiger partial charge >= 0.3 is 35.8 Å². The van der Waals surface area contributed by atoms with Gasteiger partial charge in [-0.15, -0.1) is 0 Å². The standard InChI is InChI=1S/C72H128O12/c1-6-11-14-17-20-23-26-29-32-35-38-41-44-47-50-57-68(74)81-63-66(84-72(78)59-52-49-46-43-40-37-34-31-28-25-22-19-16-13-8-3)65(83-71(77)58-51-48-45-42-39-36-33-30-27-24-21-18-15-12-7-2)56-53-60-69(75)80-62-64(82-70(76)55-10-5)61-79-67(73)54-9-4/h29-34,64-66H,6-28,35-63H2,1-5H3. The van der Waals surface area contributed by atoms with Gasteiger partial charge in [0.1, 0.15) is 25.9 Å². The number of carbonyl (C=O) groups is 6. The summed E-state index contributed by atoms with van der Waals surface area (Å²) in [6.45, 7) is 9.62. The maximum Gasteiger partial charge on any atom is 0.306 e. The van der Waals surface area contributed by atoms with Crippen molar-refractivity contribution in [3.05, 3.63) is 36.5 Å². The van der Waals surface area contributed by atoms with Gasteiger partial charge in [-0.3, -0.25) is 28.8 Å². The van der Waals surface area contributed by atoms with Crippen LogP contribution in [-0.2, 0) is 57.2 Å². The van der Waals surface area contributed by atoms with Crippen LogP contribution in [0.5, 0.6) is 0 Å². The summed E-state index contributed by atoms with van der Waals surface area (Å²) in [5.41, 5.74) is 0. The molecule has 0 spiro atoms. The normalized spacial score (nSPS) is 12.7. The van der Waals surface area contributed by atoms with Crippen molar-refractivity contribution in [3.8, 4) is 0 Å². The lowest BCUT2D eigenvalue weighted by Crippen LogP contribution is -2.39. The average Bonchev–Trinajstić information content (AvgIpc) is 3.52. The van der Waals surface area contributed by atoms with Crippen LogP contribution < -0.4 is 0 Å². The Bertz CT molecular complexity index is 1640. The molecule has 84 heavy (non-hydrogen) atoms. The lowest BCUT2D eigenvalue weighted by atomic mass is 10.1. The number of rotatable bonds is 63. The fourth-order valence-corrected chi connectivity index (χ4v) is 9.99. The molecule has 0 aliphatic rings. The van der Waals surface area contributed by atoms with E-state index >= 15 is 0 Å². The van der Waals surface area contributed by atoms with Crippen LogP contribution in [0.25, 0.3) is 0 Å². The number of allylic oxidation sites excluding steroid dienone is 6. The van der Waals surface area contributed by atoms with E-state index in [-0.39, 0.29) is 71.2 Å². The van der Waals surface area contributed by atoms with Crippen molar-refractivity contribution >= 4 is 35.8 Å². The predicted octanol–water partition coefficient (Wildman–Crippen LogP) is 20.2. The second-order valence-corrected chi connectivity index (χ2v) is 23.6. The smallest absolute Gasteiger partial charge is 0.306 e. The number of unbranched alkanes of at least 4 members (excludes halogenated alkanes) is 33. The third-order valence-electron chi connectivity index (χ3n) is 15.3. The van der Waals surface area contributed by atoms with Crippen molar-refractivity contribution in [1.82, 2.24) is 0 Å². The molecule has 0 saturated heterocycles. The molecule has 3 unspecified atom stereocenters. The molecule has 0 aromatic carbocycles. The van der Waals surface area contributed by atoms with Gasteiger partial charge in [0, 0.05) is 38.5 Å². The summed E-state index contributed by atoms with van der Waals surface area (Å²) in [5.74, 6) is -2.80. The maximum atomic E-state index is 13.6. The SMILES string of the molecule is CCCCCCCCC=CCCCCCCCC(=O)OCC(OC(=O)CCCCCCCC=CCCCCCCCC)C(CCCC(=O)OCC(COC(=O)CCC)OC(=O)CCC)OC(=O)CCCCCCCC=CCCCCCCCC. The summed E-state index contributed by atoms with van der Waals surface area (Å²) in [6, 6.07) is 0. The van der Waals surface area contributed by atoms with E-state index in [1.807, 2.05) is 13.8 Å². The van der Waals surface area contributed by atoms with Crippen LogP contribution in [0.15, 0.2) is 36.5 Å². The molecule has 0 rings (SSSR count). The minimum absolute atomic E-state index is 0.0849. The molecule has 12 nitrogen and oxygen atoms in total. The Hall–Kier alpha value is -3.96. The second kappa shape index (κ2) is 63.5. The molecule has 12 heteroatoms. The molecule has 0 amide bonds. The van der Waals surface area contributed by atoms with E-state index in [9.17, 15) is 28.8 Å². The first-order valence-corrected chi connectivity index (χ1v) is 35.1. The highest BCUT2D eigenvalue weighted by molar-refractivity contribution is 5.72. The van der Waals surface area contributed by atoms with Crippen molar-refractivity contribution in [2.24, 2.45) is 0 Å². The van der Waals surface area contributed by atoms with E-state index in [1.54, 1.807) is 0 Å². The van der Waals surface area contributed by atoms with Gasteiger partial charge in [-0.1, -0.05) is 225 Å². The Morgan fingerprint density at radius 3 is 0.869 bits per heavy atom. The summed E-state index contributed by atoms with van der Waals surface area (Å²) >= 11 is 0. The van der Waals surface area contributed by atoms with Crippen LogP contribution >= 0.6 is 0 Å². The topological polar surface area (TPSA) is 158 Å². The molecule has 0 aliphatic heterocycles. The van der Waals surface area contributed by atoms with Crippen LogP contribution in [0.4, 0.5) is 0 Å². The Kier molecular flexibility index (Phi) is 60.5. The van der Waals surface area contributed by atoms with Crippen molar-refractivity contribution in [3.63, 3.8) is 0 Å². The summed E-state index contributed by atoms with van der Waals surface area (Å²) in [4.78, 5) is 78.1. The molecular weight excluding hydrogens is 1060 g/mol. The predicted molar refractivity (Wildman–Crippen MR) is 345 cm³/mol. The maximum absolute atomic E-state index is 13.6. The van der Waals surface area contributed by atoms with Crippen molar-refractivity contribution in [1.29, 1.82) is 0 Å². The average molecular weight is 1190 g/mol. The number of hydrogen-bond acceptors (Lipinski definition) is 12. The first-order valence-electron chi connectivity index (χ1n) is 35.1. The van der Waals surface area contributed by atoms with Gasteiger partial charge in [0.25, 0.3) is 0 Å². The Morgan fingerprint density at radius 2 is 0.512 bits per heavy atom. The molecule has 3 atom stereocenters. The first kappa shape index (κ1) is 80.0. The quantitative estimate of drug-likeness (QED) is 0.0246. The van der Waals surface area contributed by atoms with Gasteiger partial charge in [0.05, 0.1) is 0 Å². The Balaban J connectivity index is 5.77. The zero-order chi connectivity index (χ0) is 61.5. The lowest BCUT2D eigenvalue weighted by molar-refractivity contribution is -0.177. The van der Waals surface area contributed by atoms with Crippen molar-refractivity contribution in [2.75, 3.05) is 19.8 Å². The molecule has 0 radical (unpaired) electrons. The largest absolute Gasteiger partial charge is 0.462 e. The van der Waals surface area contributed by atoms with Gasteiger partial charge in [-0.05, 0) is 122 Å². The molecular formula is C72H128O12. The molecule has 0 N–H and O–H groups in total. The molecule has 0 aromatic rings. The number of ether oxygens (including phenoxy) is 6. The highest BCUT2D eigenvalue weighted by Gasteiger charge is 2.31. The van der Waals surface area contributed by atoms with Crippen molar-refractivity contribution < 1.29 is 57.2 Å². The molecule has 0 fully saturated rings. The van der Waals surface area contributed by atoms with E-state index in [0.717, 1.165) is 116 Å². The van der Waals surface area contributed by atoms with Crippen LogP contribution in [0.2, 0.25) is 0 Å². The monoisotopic (exact) mass is 1180 g/mol. The molecule has 0 aliphatic carbocycles. The van der Waals surface area contributed by atoms with Gasteiger partial charge in [0.15, 0.2) is 12.2 Å². The van der Waals surface area contributed by atoms with E-state index < -0.39 is 54.1 Å². The van der Waals surface area contributed by atoms with Gasteiger partial charge in [-0.25, -0.2) is 0 Å². The summed E-state index contributed by atoms with van der Waals surface area (Å²) in [5, 5.41) is 0. The lowest BCUT2D eigenvalue weighted by Gasteiger charge is -2.27. The minimum Gasteiger partial charge on any atom is -0.462 e. The molecule has 0 heterocycles. The zero-order valence-electron chi connectivity index (χ0n) is 54.9. The third kappa shape index (κ3) is 57.1. The number of carbonyl (C=O) groups excluding carboxylic acids is 6. The summed E-state index contributed by atoms with van der Waals surface area (Å²) in [7, 11) is 0. The Labute approximate surface area is 514 Å². The minimum atomic E-state index is -1.08. The first-order chi connectivity index (χ1) is 41.1. The fourth-order valence-electron chi connectivity index (χ4n) is 9.99. The molecule has 0 bridgehead atoms. The second-order valence-electron chi connectivity index (χ2n) is 23.6. The zero-order valence-corrected chi connectivity index (χ0v) is 54.9.